The Balaban J connectivity index is 1.41. The SMILES string of the molecule is COc1ccccc1/C=N\OCc1nc2c3c(C)c(C)n(Cc4ccncc4)c3ncn2n1. The number of hydrogen-bond donors (Lipinski definition) is 0. The fourth-order valence-corrected chi connectivity index (χ4v) is 3.86. The first kappa shape index (κ1) is 20.6. The molecule has 0 spiro atoms. The van der Waals surface area contributed by atoms with Crippen LogP contribution < -0.4 is 4.74 Å². The molecule has 0 aliphatic carbocycles. The van der Waals surface area contributed by atoms with Crippen molar-refractivity contribution in [2.24, 2.45) is 5.16 Å². The number of methoxy groups -OCH3 is 1. The molecule has 0 aliphatic rings. The van der Waals surface area contributed by atoms with Crippen molar-refractivity contribution in [3.8, 4) is 5.75 Å². The van der Waals surface area contributed by atoms with Crippen molar-refractivity contribution in [1.29, 1.82) is 0 Å². The Labute approximate surface area is 190 Å². The van der Waals surface area contributed by atoms with Crippen LogP contribution in [0.1, 0.15) is 28.2 Å². The van der Waals surface area contributed by atoms with Crippen LogP contribution in [0.25, 0.3) is 16.7 Å². The first-order valence-corrected chi connectivity index (χ1v) is 10.5. The average molecular weight is 441 g/mol. The van der Waals surface area contributed by atoms with E-state index in [9.17, 15) is 0 Å². The van der Waals surface area contributed by atoms with Crippen molar-refractivity contribution in [2.75, 3.05) is 7.11 Å². The number of pyridine rings is 1. The second-order valence-electron chi connectivity index (χ2n) is 7.64. The highest BCUT2D eigenvalue weighted by Gasteiger charge is 2.18. The molecule has 166 valence electrons. The summed E-state index contributed by atoms with van der Waals surface area (Å²) < 4.78 is 9.20. The Bertz CT molecular complexity index is 1450. The van der Waals surface area contributed by atoms with Crippen molar-refractivity contribution >= 4 is 22.9 Å². The van der Waals surface area contributed by atoms with Crippen molar-refractivity contribution in [3.63, 3.8) is 0 Å². The normalized spacial score (nSPS) is 11.6. The maximum absolute atomic E-state index is 5.45. The van der Waals surface area contributed by atoms with Gasteiger partial charge in [0.15, 0.2) is 18.1 Å². The van der Waals surface area contributed by atoms with Crippen LogP contribution >= 0.6 is 0 Å². The number of aromatic nitrogens is 6. The lowest BCUT2D eigenvalue weighted by molar-refractivity contribution is 0.126. The molecule has 0 saturated heterocycles. The Morgan fingerprint density at radius 1 is 1.06 bits per heavy atom. The zero-order valence-corrected chi connectivity index (χ0v) is 18.6. The van der Waals surface area contributed by atoms with Crippen molar-refractivity contribution in [3.05, 3.63) is 83.3 Å². The van der Waals surface area contributed by atoms with Crippen LogP contribution in [-0.4, -0.2) is 42.5 Å². The fraction of sp³-hybridized carbons (Fsp3) is 0.208. The number of benzene rings is 1. The number of para-hydroxylation sites is 1. The van der Waals surface area contributed by atoms with Gasteiger partial charge in [-0.3, -0.25) is 4.98 Å². The Morgan fingerprint density at radius 2 is 1.88 bits per heavy atom. The van der Waals surface area contributed by atoms with E-state index in [2.05, 4.69) is 38.6 Å². The summed E-state index contributed by atoms with van der Waals surface area (Å²) in [4.78, 5) is 18.9. The first-order valence-electron chi connectivity index (χ1n) is 10.5. The Morgan fingerprint density at radius 3 is 2.70 bits per heavy atom. The monoisotopic (exact) mass is 441 g/mol. The van der Waals surface area contributed by atoms with Crippen molar-refractivity contribution in [2.45, 2.75) is 27.0 Å². The van der Waals surface area contributed by atoms with Crippen LogP contribution in [0.2, 0.25) is 0 Å². The molecule has 9 nitrogen and oxygen atoms in total. The number of rotatable bonds is 7. The standard InChI is InChI=1S/C24H23N7O2/c1-16-17(2)30(13-18-8-10-25-11-9-18)23-22(16)24-28-21(29-31(24)15-26-23)14-33-27-12-19-6-4-5-7-20(19)32-3/h4-12,15H,13-14H2,1-3H3/b27-12-. The number of oxime groups is 1. The van der Waals surface area contributed by atoms with Crippen LogP contribution in [0.5, 0.6) is 5.75 Å². The molecule has 1 aromatic carbocycles. The van der Waals surface area contributed by atoms with Gasteiger partial charge in [-0.2, -0.15) is 0 Å². The molecule has 9 heteroatoms. The van der Waals surface area contributed by atoms with E-state index in [0.717, 1.165) is 44.8 Å². The van der Waals surface area contributed by atoms with Gasteiger partial charge >= 0.3 is 0 Å². The lowest BCUT2D eigenvalue weighted by Crippen LogP contribution is -2.03. The summed E-state index contributed by atoms with van der Waals surface area (Å²) in [5, 5.41) is 9.54. The highest BCUT2D eigenvalue weighted by atomic mass is 16.6. The predicted molar refractivity (Wildman–Crippen MR) is 124 cm³/mol. The van der Waals surface area contributed by atoms with E-state index in [1.165, 1.54) is 0 Å². The summed E-state index contributed by atoms with van der Waals surface area (Å²) in [6.45, 7) is 5.04. The van der Waals surface area contributed by atoms with Crippen LogP contribution in [-0.2, 0) is 18.0 Å². The predicted octanol–water partition coefficient (Wildman–Crippen LogP) is 3.70. The largest absolute Gasteiger partial charge is 0.496 e. The fourth-order valence-electron chi connectivity index (χ4n) is 3.86. The molecular formula is C24H23N7O2. The molecule has 0 radical (unpaired) electrons. The van der Waals surface area contributed by atoms with Crippen LogP contribution in [0.4, 0.5) is 0 Å². The maximum Gasteiger partial charge on any atom is 0.192 e. The van der Waals surface area contributed by atoms with Gasteiger partial charge in [0.1, 0.15) is 17.7 Å². The number of nitrogens with zero attached hydrogens (tertiary/aromatic N) is 7. The molecule has 0 unspecified atom stereocenters. The van der Waals surface area contributed by atoms with Gasteiger partial charge in [0.05, 0.1) is 18.7 Å². The van der Waals surface area contributed by atoms with Gasteiger partial charge in [0, 0.05) is 30.2 Å². The van der Waals surface area contributed by atoms with Gasteiger partial charge in [-0.1, -0.05) is 17.3 Å². The highest BCUT2D eigenvalue weighted by Crippen LogP contribution is 2.27. The topological polar surface area (TPSA) is 91.7 Å². The van der Waals surface area contributed by atoms with Gasteiger partial charge in [0.25, 0.3) is 0 Å². The molecule has 0 N–H and O–H groups in total. The molecule has 5 aromatic rings. The van der Waals surface area contributed by atoms with Crippen LogP contribution in [0, 0.1) is 13.8 Å². The molecule has 0 aliphatic heterocycles. The number of ether oxygens (including phenoxy) is 1. The van der Waals surface area contributed by atoms with Gasteiger partial charge in [0.2, 0.25) is 0 Å². The zero-order valence-electron chi connectivity index (χ0n) is 18.6. The molecule has 0 fully saturated rings. The van der Waals surface area contributed by atoms with Gasteiger partial charge in [-0.05, 0) is 49.2 Å². The molecule has 0 amide bonds. The van der Waals surface area contributed by atoms with E-state index in [4.69, 9.17) is 14.6 Å². The lowest BCUT2D eigenvalue weighted by Gasteiger charge is -2.07. The third-order valence-electron chi connectivity index (χ3n) is 5.68. The van der Waals surface area contributed by atoms with Gasteiger partial charge < -0.3 is 14.1 Å². The van der Waals surface area contributed by atoms with E-state index >= 15 is 0 Å². The summed E-state index contributed by atoms with van der Waals surface area (Å²) in [7, 11) is 1.62. The second kappa shape index (κ2) is 8.70. The lowest BCUT2D eigenvalue weighted by atomic mass is 10.2. The minimum Gasteiger partial charge on any atom is -0.496 e. The smallest absolute Gasteiger partial charge is 0.192 e. The summed E-state index contributed by atoms with van der Waals surface area (Å²) in [5.74, 6) is 1.26. The van der Waals surface area contributed by atoms with Gasteiger partial charge in [-0.15, -0.1) is 5.10 Å². The zero-order chi connectivity index (χ0) is 22.8. The Hall–Kier alpha value is -4.27. The number of aryl methyl sites for hydroxylation is 1. The molecule has 0 bridgehead atoms. The minimum absolute atomic E-state index is 0.143. The number of fused-ring (bicyclic) bond motifs is 3. The maximum atomic E-state index is 5.45. The number of hydrogen-bond acceptors (Lipinski definition) is 7. The minimum atomic E-state index is 0.143. The summed E-state index contributed by atoms with van der Waals surface area (Å²) in [6, 6.07) is 11.6. The van der Waals surface area contributed by atoms with Gasteiger partial charge in [-0.25, -0.2) is 14.5 Å². The summed E-state index contributed by atoms with van der Waals surface area (Å²) in [5.41, 5.74) is 5.89. The quantitative estimate of drug-likeness (QED) is 0.283. The first-order chi connectivity index (χ1) is 16.2. The van der Waals surface area contributed by atoms with E-state index in [1.807, 2.05) is 36.4 Å². The molecule has 0 saturated carbocycles. The van der Waals surface area contributed by atoms with Crippen molar-refractivity contribution in [1.82, 2.24) is 29.1 Å². The summed E-state index contributed by atoms with van der Waals surface area (Å²) >= 11 is 0. The molecular weight excluding hydrogens is 418 g/mol. The molecule has 5 rings (SSSR count). The van der Waals surface area contributed by atoms with E-state index in [1.54, 1.807) is 36.6 Å². The van der Waals surface area contributed by atoms with Crippen molar-refractivity contribution < 1.29 is 9.57 Å². The molecule has 4 heterocycles. The van der Waals surface area contributed by atoms with E-state index in [0.29, 0.717) is 12.4 Å². The third kappa shape index (κ3) is 3.89. The highest BCUT2D eigenvalue weighted by molar-refractivity contribution is 5.94. The second-order valence-corrected chi connectivity index (χ2v) is 7.64. The molecule has 33 heavy (non-hydrogen) atoms. The summed E-state index contributed by atoms with van der Waals surface area (Å²) in [6.07, 6.45) is 6.90. The van der Waals surface area contributed by atoms with Crippen LogP contribution in [0.15, 0.2) is 60.3 Å². The van der Waals surface area contributed by atoms with E-state index in [-0.39, 0.29) is 6.61 Å². The van der Waals surface area contributed by atoms with E-state index < -0.39 is 0 Å². The molecule has 4 aromatic heterocycles. The van der Waals surface area contributed by atoms with Crippen LogP contribution in [0.3, 0.4) is 0 Å². The molecule has 0 atom stereocenters. The average Bonchev–Trinajstić information content (AvgIpc) is 3.37. The Kier molecular flexibility index (Phi) is 5.43. The third-order valence-corrected chi connectivity index (χ3v) is 5.68.